The summed E-state index contributed by atoms with van der Waals surface area (Å²) < 4.78 is 25.2. The van der Waals surface area contributed by atoms with Crippen molar-refractivity contribution in [3.05, 3.63) is 17.5 Å². The molecule has 0 radical (unpaired) electrons. The summed E-state index contributed by atoms with van der Waals surface area (Å²) in [5.41, 5.74) is 0. The fourth-order valence-electron chi connectivity index (χ4n) is 0.997. The molecule has 1 aromatic heterocycles. The van der Waals surface area contributed by atoms with E-state index in [2.05, 4.69) is 0 Å². The van der Waals surface area contributed by atoms with Crippen LogP contribution < -0.4 is 4.72 Å². The van der Waals surface area contributed by atoms with Crippen LogP contribution in [0.25, 0.3) is 0 Å². The van der Waals surface area contributed by atoms with Crippen molar-refractivity contribution >= 4 is 27.3 Å². The van der Waals surface area contributed by atoms with E-state index in [0.29, 0.717) is 0 Å². The molecule has 0 aromatic carbocycles. The largest absolute Gasteiger partial charge is 0.480 e. The lowest BCUT2D eigenvalue weighted by Crippen LogP contribution is -2.47. The van der Waals surface area contributed by atoms with Crippen molar-refractivity contribution in [1.29, 1.82) is 0 Å². The summed E-state index contributed by atoms with van der Waals surface area (Å²) in [5.74, 6) is -1.42. The van der Waals surface area contributed by atoms with Crippen LogP contribution in [-0.2, 0) is 14.8 Å². The van der Waals surface area contributed by atoms with Crippen LogP contribution in [-0.4, -0.2) is 36.7 Å². The van der Waals surface area contributed by atoms with Gasteiger partial charge in [-0.2, -0.15) is 4.72 Å². The summed E-state index contributed by atoms with van der Waals surface area (Å²) in [4.78, 5) is 10.7. The lowest BCUT2D eigenvalue weighted by Gasteiger charge is -2.16. The van der Waals surface area contributed by atoms with E-state index < -0.39 is 28.1 Å². The minimum Gasteiger partial charge on any atom is -0.480 e. The lowest BCUT2D eigenvalue weighted by atomic mass is 10.2. The maximum absolute atomic E-state index is 11.6. The monoisotopic (exact) mass is 265 g/mol. The number of rotatable bonds is 5. The molecule has 0 saturated heterocycles. The zero-order chi connectivity index (χ0) is 12.3. The number of aliphatic hydroxyl groups excluding tert-OH is 1. The number of nitrogens with one attached hydrogen (secondary N) is 1. The average Bonchev–Trinajstić information content (AvgIpc) is 2.66. The van der Waals surface area contributed by atoms with Crippen LogP contribution in [0.5, 0.6) is 0 Å². The first-order chi connectivity index (χ1) is 7.34. The summed E-state index contributed by atoms with van der Waals surface area (Å²) in [7, 11) is -3.88. The Hall–Kier alpha value is -0.960. The van der Waals surface area contributed by atoms with Gasteiger partial charge in [0.1, 0.15) is 10.3 Å². The van der Waals surface area contributed by atoms with Crippen molar-refractivity contribution in [2.75, 3.05) is 0 Å². The fourth-order valence-corrected chi connectivity index (χ4v) is 3.27. The molecule has 6 nitrogen and oxygen atoms in total. The van der Waals surface area contributed by atoms with Crippen molar-refractivity contribution in [2.24, 2.45) is 0 Å². The molecular weight excluding hydrogens is 254 g/mol. The molecule has 16 heavy (non-hydrogen) atoms. The highest BCUT2D eigenvalue weighted by Gasteiger charge is 2.29. The van der Waals surface area contributed by atoms with Gasteiger partial charge >= 0.3 is 5.97 Å². The number of carboxylic acids is 1. The number of thiophene rings is 1. The molecule has 0 bridgehead atoms. The average molecular weight is 265 g/mol. The number of carbonyl (C=O) groups is 1. The Labute approximate surface area is 96.6 Å². The maximum atomic E-state index is 11.6. The van der Waals surface area contributed by atoms with Crippen molar-refractivity contribution in [2.45, 2.75) is 23.3 Å². The van der Waals surface area contributed by atoms with Gasteiger partial charge in [0.2, 0.25) is 0 Å². The van der Waals surface area contributed by atoms with Gasteiger partial charge in [-0.05, 0) is 18.4 Å². The highest BCUT2D eigenvalue weighted by molar-refractivity contribution is 7.91. The molecule has 0 aliphatic rings. The Balaban J connectivity index is 2.92. The molecule has 2 atom stereocenters. The molecule has 0 aliphatic carbocycles. The van der Waals surface area contributed by atoms with Gasteiger partial charge in [0, 0.05) is 0 Å². The Morgan fingerprint density at radius 1 is 1.56 bits per heavy atom. The molecule has 0 aliphatic heterocycles. The molecular formula is C8H11NO5S2. The number of sulfonamides is 1. The third-order valence-corrected chi connectivity index (χ3v) is 4.63. The third kappa shape index (κ3) is 3.01. The highest BCUT2D eigenvalue weighted by atomic mass is 32.2. The van der Waals surface area contributed by atoms with E-state index in [4.69, 9.17) is 10.2 Å². The number of aliphatic carboxylic acids is 1. The second-order valence-corrected chi connectivity index (χ2v) is 6.00. The van der Waals surface area contributed by atoms with Crippen molar-refractivity contribution in [3.8, 4) is 0 Å². The standard InChI is InChI=1S/C8H11NO5S2/c1-5(10)7(8(11)12)9-16(13,14)6-3-2-4-15-6/h2-5,7,9-10H,1H3,(H,11,12)/t5-,7+/m0/s1. The van der Waals surface area contributed by atoms with Crippen molar-refractivity contribution < 1.29 is 23.4 Å². The van der Waals surface area contributed by atoms with Gasteiger partial charge < -0.3 is 10.2 Å². The Kier molecular flexibility index (Phi) is 4.03. The van der Waals surface area contributed by atoms with Crippen LogP contribution >= 0.6 is 11.3 Å². The minimum atomic E-state index is -3.88. The van der Waals surface area contributed by atoms with Gasteiger partial charge in [-0.3, -0.25) is 4.79 Å². The fraction of sp³-hybridized carbons (Fsp3) is 0.375. The Morgan fingerprint density at radius 2 is 2.19 bits per heavy atom. The number of hydrogen-bond donors (Lipinski definition) is 3. The summed E-state index contributed by atoms with van der Waals surface area (Å²) >= 11 is 0.970. The van der Waals surface area contributed by atoms with Crippen molar-refractivity contribution in [1.82, 2.24) is 4.72 Å². The maximum Gasteiger partial charge on any atom is 0.324 e. The van der Waals surface area contributed by atoms with E-state index in [0.717, 1.165) is 11.3 Å². The highest BCUT2D eigenvalue weighted by Crippen LogP contribution is 2.16. The molecule has 1 rings (SSSR count). The Morgan fingerprint density at radius 3 is 2.56 bits per heavy atom. The van der Waals surface area contributed by atoms with E-state index >= 15 is 0 Å². The minimum absolute atomic E-state index is 0.0133. The molecule has 1 aromatic rings. The SMILES string of the molecule is C[C@H](O)[C@@H](NS(=O)(=O)c1cccs1)C(=O)O. The second-order valence-electron chi connectivity index (χ2n) is 3.11. The predicted molar refractivity (Wildman–Crippen MR) is 57.7 cm³/mol. The van der Waals surface area contributed by atoms with Gasteiger partial charge in [0.05, 0.1) is 6.10 Å². The van der Waals surface area contributed by atoms with Crippen molar-refractivity contribution in [3.63, 3.8) is 0 Å². The summed E-state index contributed by atoms with van der Waals surface area (Å²) in [6.07, 6.45) is -1.31. The molecule has 8 heteroatoms. The van der Waals surface area contributed by atoms with E-state index in [1.165, 1.54) is 19.1 Å². The van der Waals surface area contributed by atoms with E-state index in [1.54, 1.807) is 5.38 Å². The molecule has 0 unspecified atom stereocenters. The molecule has 90 valence electrons. The van der Waals surface area contributed by atoms with Crippen LogP contribution in [0.4, 0.5) is 0 Å². The number of hydrogen-bond acceptors (Lipinski definition) is 5. The van der Waals surface area contributed by atoms with E-state index in [1.807, 2.05) is 4.72 Å². The molecule has 3 N–H and O–H groups in total. The number of aliphatic hydroxyl groups is 1. The first-order valence-electron chi connectivity index (χ1n) is 4.31. The molecule has 0 fully saturated rings. The predicted octanol–water partition coefficient (Wildman–Crippen LogP) is -0.140. The summed E-state index contributed by atoms with van der Waals surface area (Å²) in [6.45, 7) is 1.20. The lowest BCUT2D eigenvalue weighted by molar-refractivity contribution is -0.141. The van der Waals surface area contributed by atoms with Gasteiger partial charge in [0.25, 0.3) is 10.0 Å². The zero-order valence-electron chi connectivity index (χ0n) is 8.32. The van der Waals surface area contributed by atoms with E-state index in [-0.39, 0.29) is 4.21 Å². The van der Waals surface area contributed by atoms with Crippen LogP contribution in [0.1, 0.15) is 6.92 Å². The van der Waals surface area contributed by atoms with Crippen LogP contribution in [0, 0.1) is 0 Å². The summed E-state index contributed by atoms with van der Waals surface area (Å²) in [6, 6.07) is 1.35. The summed E-state index contributed by atoms with van der Waals surface area (Å²) in [5, 5.41) is 19.4. The third-order valence-electron chi connectivity index (χ3n) is 1.79. The van der Waals surface area contributed by atoms with Crippen LogP contribution in [0.15, 0.2) is 21.7 Å². The first-order valence-corrected chi connectivity index (χ1v) is 6.67. The van der Waals surface area contributed by atoms with Gasteiger partial charge in [-0.1, -0.05) is 6.07 Å². The van der Waals surface area contributed by atoms with Gasteiger partial charge in [-0.25, -0.2) is 8.42 Å². The topological polar surface area (TPSA) is 104 Å². The molecule has 1 heterocycles. The molecule has 0 saturated carbocycles. The zero-order valence-corrected chi connectivity index (χ0v) is 9.96. The first kappa shape index (κ1) is 13.1. The smallest absolute Gasteiger partial charge is 0.324 e. The van der Waals surface area contributed by atoms with E-state index in [9.17, 15) is 13.2 Å². The van der Waals surface area contributed by atoms with Gasteiger partial charge in [-0.15, -0.1) is 11.3 Å². The number of carboxylic acid groups (broad SMARTS) is 1. The quantitative estimate of drug-likeness (QED) is 0.687. The van der Waals surface area contributed by atoms with Crippen LogP contribution in [0.2, 0.25) is 0 Å². The van der Waals surface area contributed by atoms with Gasteiger partial charge in [0.15, 0.2) is 0 Å². The molecule has 0 amide bonds. The normalized spacial score (nSPS) is 15.6. The second kappa shape index (κ2) is 4.91. The Bertz CT molecular complexity index is 451. The van der Waals surface area contributed by atoms with Crippen LogP contribution in [0.3, 0.4) is 0 Å². The molecule has 0 spiro atoms.